The van der Waals surface area contributed by atoms with Crippen LogP contribution in [0.4, 0.5) is 0 Å². The minimum absolute atomic E-state index is 0.247. The molecule has 11 heteroatoms. The molecule has 1 amide bonds. The molecular formula is C84H159NO10. The maximum atomic E-state index is 13.3. The number of nitrogens with one attached hydrogen (secondary N) is 1. The van der Waals surface area contributed by atoms with Gasteiger partial charge in [0, 0.05) is 0 Å². The van der Waals surface area contributed by atoms with E-state index >= 15 is 0 Å². The molecule has 1 rings (SSSR count). The van der Waals surface area contributed by atoms with E-state index in [-0.39, 0.29) is 12.8 Å². The highest BCUT2D eigenvalue weighted by Crippen LogP contribution is 2.24. The molecule has 0 aliphatic carbocycles. The third-order valence-electron chi connectivity index (χ3n) is 20.1. The van der Waals surface area contributed by atoms with Crippen LogP contribution < -0.4 is 5.32 Å². The number of hydrogen-bond acceptors (Lipinski definition) is 10. The molecule has 1 aliphatic heterocycles. The number of hydrogen-bond donors (Lipinski definition) is 8. The smallest absolute Gasteiger partial charge is 0.249 e. The van der Waals surface area contributed by atoms with Gasteiger partial charge in [0.15, 0.2) is 6.29 Å². The zero-order valence-corrected chi connectivity index (χ0v) is 62.4. The predicted octanol–water partition coefficient (Wildman–Crippen LogP) is 21.8. The van der Waals surface area contributed by atoms with Crippen LogP contribution in [0.2, 0.25) is 0 Å². The van der Waals surface area contributed by atoms with Crippen molar-refractivity contribution >= 4 is 5.91 Å². The highest BCUT2D eigenvalue weighted by molar-refractivity contribution is 5.80. The Balaban J connectivity index is 2.14. The number of rotatable bonds is 74. The molecule has 1 aliphatic rings. The minimum Gasteiger partial charge on any atom is -0.394 e. The highest BCUT2D eigenvalue weighted by atomic mass is 16.7. The number of ether oxygens (including phenoxy) is 2. The SMILES string of the molecule is CCCCCCCCCCCCCCC/C=C\C/C=C\CCCCCCCCCCCCCCCCCCC(O)C(=O)NC(COC1OC(CO)C(O)C(O)C1O)C(O)C(O)CCC/C=C/CC/C=C/CCCCCCCCCCCCCCCCCCCCCCCCC. The standard InChI is InChI=1S/C84H159NO10/c1-3-5-7-9-11-13-15-17-19-21-23-25-27-29-31-33-35-37-38-39-40-42-44-46-48-50-52-54-56-58-60-62-64-66-68-70-72-77(88)83(93)85-75(74-94-84-82(92)81(91)80(90)78(73-86)95-84)79(89)76(87)71-69-67-65-63-61-59-57-55-53-51-49-47-45-43-41-36-34-32-30-28-26-24-22-20-18-16-14-12-10-8-6-4-2/h31,33,37-38,55,57,63,65,75-82,84,86-92H,3-30,32,34-36,39-54,56,58-62,64,66-74H2,1-2H3,(H,85,93)/b33-31-,38-37-,57-55+,65-63+. The van der Waals surface area contributed by atoms with Gasteiger partial charge in [-0.15, -0.1) is 0 Å². The first-order chi connectivity index (χ1) is 46.7. The molecule has 8 N–H and O–H groups in total. The van der Waals surface area contributed by atoms with E-state index in [4.69, 9.17) is 9.47 Å². The summed E-state index contributed by atoms with van der Waals surface area (Å²) in [7, 11) is 0. The molecule has 1 heterocycles. The van der Waals surface area contributed by atoms with Crippen molar-refractivity contribution in [3.05, 3.63) is 48.6 Å². The van der Waals surface area contributed by atoms with Gasteiger partial charge in [-0.2, -0.15) is 0 Å². The van der Waals surface area contributed by atoms with Gasteiger partial charge in [0.1, 0.15) is 36.6 Å². The van der Waals surface area contributed by atoms with Crippen LogP contribution in [0.3, 0.4) is 0 Å². The first kappa shape index (κ1) is 91.1. The van der Waals surface area contributed by atoms with E-state index in [2.05, 4.69) is 67.8 Å². The Kier molecular flexibility index (Phi) is 68.9. The van der Waals surface area contributed by atoms with Gasteiger partial charge in [0.05, 0.1) is 25.4 Å². The van der Waals surface area contributed by atoms with Crippen molar-refractivity contribution in [2.24, 2.45) is 0 Å². The monoisotopic (exact) mass is 1340 g/mol. The zero-order valence-electron chi connectivity index (χ0n) is 62.4. The molecule has 0 spiro atoms. The third kappa shape index (κ3) is 58.4. The summed E-state index contributed by atoms with van der Waals surface area (Å²) in [5, 5.41) is 76.7. The number of carbonyl (C=O) groups excluding carboxylic acids is 1. The Morgan fingerprint density at radius 2 is 0.663 bits per heavy atom. The fraction of sp³-hybridized carbons (Fsp3) is 0.893. The molecule has 0 saturated carbocycles. The summed E-state index contributed by atoms with van der Waals surface area (Å²) in [6.45, 7) is 3.51. The first-order valence-electron chi connectivity index (χ1n) is 41.5. The first-order valence-corrected chi connectivity index (χ1v) is 41.5. The lowest BCUT2D eigenvalue weighted by Gasteiger charge is -2.40. The number of carbonyl (C=O) groups is 1. The second-order valence-electron chi connectivity index (χ2n) is 29.2. The third-order valence-corrected chi connectivity index (χ3v) is 20.1. The molecule has 0 radical (unpaired) electrons. The lowest BCUT2D eigenvalue weighted by Crippen LogP contribution is -2.60. The van der Waals surface area contributed by atoms with Crippen LogP contribution in [-0.4, -0.2) is 110 Å². The molecule has 0 aromatic rings. The summed E-state index contributed by atoms with van der Waals surface area (Å²) in [6.07, 6.45) is 85.3. The lowest BCUT2D eigenvalue weighted by molar-refractivity contribution is -0.303. The van der Waals surface area contributed by atoms with Gasteiger partial charge in [-0.3, -0.25) is 4.79 Å². The van der Waals surface area contributed by atoms with Crippen molar-refractivity contribution in [2.45, 2.75) is 467 Å². The lowest BCUT2D eigenvalue weighted by atomic mass is 9.98. The number of amides is 1. The van der Waals surface area contributed by atoms with Crippen LogP contribution in [0.5, 0.6) is 0 Å². The van der Waals surface area contributed by atoms with Gasteiger partial charge < -0.3 is 50.5 Å². The summed E-state index contributed by atoms with van der Waals surface area (Å²) < 4.78 is 11.2. The van der Waals surface area contributed by atoms with Crippen LogP contribution >= 0.6 is 0 Å². The molecule has 0 aromatic carbocycles. The van der Waals surface area contributed by atoms with Crippen LogP contribution in [0.25, 0.3) is 0 Å². The van der Waals surface area contributed by atoms with Gasteiger partial charge in [0.25, 0.3) is 0 Å². The van der Waals surface area contributed by atoms with Crippen molar-refractivity contribution in [3.63, 3.8) is 0 Å². The molecule has 560 valence electrons. The van der Waals surface area contributed by atoms with E-state index in [1.54, 1.807) is 0 Å². The quantitative estimate of drug-likeness (QED) is 0.0215. The fourth-order valence-corrected chi connectivity index (χ4v) is 13.5. The Labute approximate surface area is 587 Å². The van der Waals surface area contributed by atoms with Gasteiger partial charge in [0.2, 0.25) is 5.91 Å². The van der Waals surface area contributed by atoms with Crippen LogP contribution in [0, 0.1) is 0 Å². The number of unbranched alkanes of at least 4 members (excludes halogenated alkanes) is 54. The Morgan fingerprint density at radius 1 is 0.368 bits per heavy atom. The van der Waals surface area contributed by atoms with E-state index in [1.807, 2.05) is 0 Å². The maximum absolute atomic E-state index is 13.3. The molecular weight excluding hydrogens is 1180 g/mol. The Bertz CT molecular complexity index is 1690. The van der Waals surface area contributed by atoms with E-state index in [0.717, 1.165) is 44.9 Å². The van der Waals surface area contributed by atoms with E-state index in [9.17, 15) is 40.5 Å². The number of aliphatic hydroxyl groups is 7. The van der Waals surface area contributed by atoms with Crippen LogP contribution in [0.15, 0.2) is 48.6 Å². The van der Waals surface area contributed by atoms with E-state index < -0.39 is 74.2 Å². The second-order valence-corrected chi connectivity index (χ2v) is 29.2. The zero-order chi connectivity index (χ0) is 68.8. The average molecular weight is 1340 g/mol. The van der Waals surface area contributed by atoms with Crippen LogP contribution in [0.1, 0.15) is 412 Å². The van der Waals surface area contributed by atoms with Crippen molar-refractivity contribution in [2.75, 3.05) is 13.2 Å². The molecule has 9 unspecified atom stereocenters. The van der Waals surface area contributed by atoms with Crippen molar-refractivity contribution in [1.29, 1.82) is 0 Å². The van der Waals surface area contributed by atoms with Gasteiger partial charge in [-0.25, -0.2) is 0 Å². The maximum Gasteiger partial charge on any atom is 0.249 e. The van der Waals surface area contributed by atoms with Gasteiger partial charge in [-0.05, 0) is 83.5 Å². The number of allylic oxidation sites excluding steroid dienone is 8. The number of aliphatic hydroxyl groups excluding tert-OH is 7. The Morgan fingerprint density at radius 3 is 1.00 bits per heavy atom. The molecule has 9 atom stereocenters. The van der Waals surface area contributed by atoms with Crippen molar-refractivity contribution in [3.8, 4) is 0 Å². The molecule has 1 saturated heterocycles. The van der Waals surface area contributed by atoms with E-state index in [1.165, 1.54) is 321 Å². The minimum atomic E-state index is -1.67. The summed E-state index contributed by atoms with van der Waals surface area (Å²) in [4.78, 5) is 13.3. The fourth-order valence-electron chi connectivity index (χ4n) is 13.5. The molecule has 1 fully saturated rings. The Hall–Kier alpha value is -1.93. The summed E-state index contributed by atoms with van der Waals surface area (Å²) in [6, 6.07) is -1.19. The molecule has 0 aromatic heterocycles. The van der Waals surface area contributed by atoms with Gasteiger partial charge in [-0.1, -0.05) is 377 Å². The average Bonchev–Trinajstić information content (AvgIpc) is 0.832. The van der Waals surface area contributed by atoms with Crippen LogP contribution in [-0.2, 0) is 14.3 Å². The molecule has 11 nitrogen and oxygen atoms in total. The van der Waals surface area contributed by atoms with Gasteiger partial charge >= 0.3 is 0 Å². The predicted molar refractivity (Wildman–Crippen MR) is 404 cm³/mol. The van der Waals surface area contributed by atoms with Crippen molar-refractivity contribution < 1.29 is 50.0 Å². The molecule has 0 bridgehead atoms. The largest absolute Gasteiger partial charge is 0.394 e. The topological polar surface area (TPSA) is 189 Å². The summed E-state index contributed by atoms with van der Waals surface area (Å²) >= 11 is 0. The van der Waals surface area contributed by atoms with E-state index in [0.29, 0.717) is 19.3 Å². The normalized spacial score (nSPS) is 18.3. The molecule has 95 heavy (non-hydrogen) atoms. The highest BCUT2D eigenvalue weighted by Gasteiger charge is 2.44. The summed E-state index contributed by atoms with van der Waals surface area (Å²) in [5.41, 5.74) is 0. The summed E-state index contributed by atoms with van der Waals surface area (Å²) in [5.74, 6) is -0.705. The second kappa shape index (κ2) is 71.9. The van der Waals surface area contributed by atoms with Crippen molar-refractivity contribution in [1.82, 2.24) is 5.32 Å².